The standard InChI is InChI=1S/C21H26N4O4S/c1-14(15-6-4-3-5-7-15)21(27)24-10-8-16(12-24)19-22-18-13-25(30(2,28)29)11-9-17(18)20(26)23-19/h3-7,14,16H,8-13H2,1-2H3,(H,22,23,26). The molecule has 0 saturated carbocycles. The molecule has 9 heteroatoms. The molecule has 0 spiro atoms. The molecule has 1 saturated heterocycles. The van der Waals surface area contributed by atoms with Gasteiger partial charge in [-0.3, -0.25) is 9.59 Å². The quantitative estimate of drug-likeness (QED) is 0.785. The average molecular weight is 431 g/mol. The van der Waals surface area contributed by atoms with Gasteiger partial charge in [0.15, 0.2) is 0 Å². The van der Waals surface area contributed by atoms with Gasteiger partial charge < -0.3 is 9.88 Å². The fraction of sp³-hybridized carbons (Fsp3) is 0.476. The number of aromatic amines is 1. The fourth-order valence-electron chi connectivity index (χ4n) is 4.25. The first-order valence-corrected chi connectivity index (χ1v) is 12.0. The minimum atomic E-state index is -3.34. The number of carbonyl (C=O) groups is 1. The zero-order valence-corrected chi connectivity index (χ0v) is 18.0. The number of hydrogen-bond acceptors (Lipinski definition) is 5. The van der Waals surface area contributed by atoms with Crippen molar-refractivity contribution in [2.45, 2.75) is 38.1 Å². The molecule has 2 aliphatic heterocycles. The van der Waals surface area contributed by atoms with Crippen LogP contribution in [0.5, 0.6) is 0 Å². The highest BCUT2D eigenvalue weighted by molar-refractivity contribution is 7.88. The van der Waals surface area contributed by atoms with E-state index in [-0.39, 0.29) is 29.8 Å². The molecule has 2 aliphatic rings. The Kier molecular flexibility index (Phi) is 5.50. The van der Waals surface area contributed by atoms with Gasteiger partial charge >= 0.3 is 0 Å². The molecule has 4 rings (SSSR count). The SMILES string of the molecule is CC(C(=O)N1CCC(c2nc3c(c(=O)[nH]2)CCN(S(C)(=O)=O)C3)C1)c1ccccc1. The van der Waals surface area contributed by atoms with Crippen LogP contribution in [0.1, 0.15) is 47.8 Å². The van der Waals surface area contributed by atoms with E-state index < -0.39 is 10.0 Å². The van der Waals surface area contributed by atoms with E-state index in [9.17, 15) is 18.0 Å². The molecule has 160 valence electrons. The molecule has 1 N–H and O–H groups in total. The van der Waals surface area contributed by atoms with Gasteiger partial charge in [0.2, 0.25) is 15.9 Å². The zero-order chi connectivity index (χ0) is 21.5. The van der Waals surface area contributed by atoms with Crippen LogP contribution in [0.4, 0.5) is 0 Å². The lowest BCUT2D eigenvalue weighted by Crippen LogP contribution is -2.39. The van der Waals surface area contributed by atoms with Crippen molar-refractivity contribution in [1.82, 2.24) is 19.2 Å². The smallest absolute Gasteiger partial charge is 0.254 e. The summed E-state index contributed by atoms with van der Waals surface area (Å²) in [5.74, 6) is 0.302. The van der Waals surface area contributed by atoms with Crippen molar-refractivity contribution in [2.24, 2.45) is 0 Å². The van der Waals surface area contributed by atoms with Gasteiger partial charge in [-0.1, -0.05) is 30.3 Å². The summed E-state index contributed by atoms with van der Waals surface area (Å²) in [6.45, 7) is 3.42. The van der Waals surface area contributed by atoms with Gasteiger partial charge in [-0.25, -0.2) is 13.4 Å². The van der Waals surface area contributed by atoms with Crippen LogP contribution in [0.15, 0.2) is 35.1 Å². The molecule has 3 heterocycles. The minimum absolute atomic E-state index is 0.0623. The maximum absolute atomic E-state index is 12.9. The Bertz CT molecular complexity index is 1110. The monoisotopic (exact) mass is 430 g/mol. The Labute approximate surface area is 176 Å². The van der Waals surface area contributed by atoms with Crippen LogP contribution >= 0.6 is 0 Å². The molecule has 2 aromatic rings. The van der Waals surface area contributed by atoms with Gasteiger partial charge in [-0.2, -0.15) is 4.31 Å². The van der Waals surface area contributed by atoms with Crippen LogP contribution in [0.25, 0.3) is 0 Å². The van der Waals surface area contributed by atoms with E-state index in [1.54, 1.807) is 0 Å². The number of likely N-dealkylation sites (tertiary alicyclic amines) is 1. The van der Waals surface area contributed by atoms with Gasteiger partial charge in [-0.15, -0.1) is 0 Å². The number of hydrogen-bond donors (Lipinski definition) is 1. The molecule has 1 amide bonds. The molecular formula is C21H26N4O4S. The molecule has 1 aromatic heterocycles. The second-order valence-electron chi connectivity index (χ2n) is 8.13. The van der Waals surface area contributed by atoms with Crippen LogP contribution in [0.3, 0.4) is 0 Å². The summed E-state index contributed by atoms with van der Waals surface area (Å²) in [4.78, 5) is 34.8. The van der Waals surface area contributed by atoms with E-state index >= 15 is 0 Å². The molecule has 2 unspecified atom stereocenters. The third-order valence-corrected chi connectivity index (χ3v) is 7.33. The maximum atomic E-state index is 12.9. The summed E-state index contributed by atoms with van der Waals surface area (Å²) in [7, 11) is -3.34. The van der Waals surface area contributed by atoms with E-state index in [1.165, 1.54) is 10.6 Å². The van der Waals surface area contributed by atoms with Crippen molar-refractivity contribution in [2.75, 3.05) is 25.9 Å². The Morgan fingerprint density at radius 3 is 2.67 bits per heavy atom. The first-order valence-electron chi connectivity index (χ1n) is 10.1. The molecule has 1 fully saturated rings. The summed E-state index contributed by atoms with van der Waals surface area (Å²) in [5.41, 5.74) is 1.85. The Morgan fingerprint density at radius 2 is 1.97 bits per heavy atom. The van der Waals surface area contributed by atoms with Crippen molar-refractivity contribution >= 4 is 15.9 Å². The number of rotatable bonds is 4. The number of fused-ring (bicyclic) bond motifs is 1. The molecule has 30 heavy (non-hydrogen) atoms. The summed E-state index contributed by atoms with van der Waals surface area (Å²) >= 11 is 0. The average Bonchev–Trinajstić information content (AvgIpc) is 3.22. The number of H-pyrrole nitrogens is 1. The minimum Gasteiger partial charge on any atom is -0.341 e. The number of sulfonamides is 1. The molecular weight excluding hydrogens is 404 g/mol. The van der Waals surface area contributed by atoms with E-state index in [0.29, 0.717) is 49.6 Å². The Balaban J connectivity index is 1.51. The molecule has 8 nitrogen and oxygen atoms in total. The van der Waals surface area contributed by atoms with Crippen LogP contribution in [0.2, 0.25) is 0 Å². The predicted molar refractivity (Wildman–Crippen MR) is 113 cm³/mol. The Hall–Kier alpha value is -2.52. The lowest BCUT2D eigenvalue weighted by molar-refractivity contribution is -0.131. The zero-order valence-electron chi connectivity index (χ0n) is 17.2. The lowest BCUT2D eigenvalue weighted by Gasteiger charge is -2.26. The highest BCUT2D eigenvalue weighted by Crippen LogP contribution is 2.28. The number of benzene rings is 1. The highest BCUT2D eigenvalue weighted by Gasteiger charge is 2.33. The van der Waals surface area contributed by atoms with Gasteiger partial charge in [0.25, 0.3) is 5.56 Å². The van der Waals surface area contributed by atoms with Crippen LogP contribution in [-0.2, 0) is 27.8 Å². The lowest BCUT2D eigenvalue weighted by atomic mass is 10.00. The molecule has 0 radical (unpaired) electrons. The normalized spacial score (nSPS) is 20.7. The van der Waals surface area contributed by atoms with E-state index in [4.69, 9.17) is 0 Å². The molecule has 0 aliphatic carbocycles. The number of aromatic nitrogens is 2. The molecule has 2 atom stereocenters. The van der Waals surface area contributed by atoms with E-state index in [1.807, 2.05) is 42.2 Å². The number of carbonyl (C=O) groups excluding carboxylic acids is 1. The highest BCUT2D eigenvalue weighted by atomic mass is 32.2. The van der Waals surface area contributed by atoms with Gasteiger partial charge in [0.1, 0.15) is 5.82 Å². The maximum Gasteiger partial charge on any atom is 0.254 e. The number of amides is 1. The molecule has 1 aromatic carbocycles. The van der Waals surface area contributed by atoms with Crippen molar-refractivity contribution in [1.29, 1.82) is 0 Å². The summed E-state index contributed by atoms with van der Waals surface area (Å²) in [6, 6.07) is 9.68. The second-order valence-corrected chi connectivity index (χ2v) is 10.1. The first-order chi connectivity index (χ1) is 14.2. The van der Waals surface area contributed by atoms with Gasteiger partial charge in [-0.05, 0) is 25.3 Å². The summed E-state index contributed by atoms with van der Waals surface area (Å²) < 4.78 is 25.1. The van der Waals surface area contributed by atoms with Gasteiger partial charge in [0.05, 0.1) is 24.4 Å². The molecule has 0 bridgehead atoms. The largest absolute Gasteiger partial charge is 0.341 e. The first kappa shape index (κ1) is 20.7. The van der Waals surface area contributed by atoms with Crippen molar-refractivity contribution < 1.29 is 13.2 Å². The third-order valence-electron chi connectivity index (χ3n) is 6.08. The van der Waals surface area contributed by atoms with E-state index in [0.717, 1.165) is 5.56 Å². The van der Waals surface area contributed by atoms with Crippen LogP contribution in [0, 0.1) is 0 Å². The summed E-state index contributed by atoms with van der Waals surface area (Å²) in [5, 5.41) is 0. The predicted octanol–water partition coefficient (Wildman–Crippen LogP) is 1.21. The second kappa shape index (κ2) is 7.96. The third kappa shape index (κ3) is 4.04. The van der Waals surface area contributed by atoms with Crippen molar-refractivity contribution in [3.63, 3.8) is 0 Å². The van der Waals surface area contributed by atoms with Crippen molar-refractivity contribution in [3.05, 3.63) is 63.3 Å². The van der Waals surface area contributed by atoms with E-state index in [2.05, 4.69) is 9.97 Å². The Morgan fingerprint density at radius 1 is 1.23 bits per heavy atom. The number of nitrogens with zero attached hydrogens (tertiary/aromatic N) is 3. The topological polar surface area (TPSA) is 103 Å². The van der Waals surface area contributed by atoms with Crippen LogP contribution < -0.4 is 5.56 Å². The fourth-order valence-corrected chi connectivity index (χ4v) is 5.03. The van der Waals surface area contributed by atoms with Gasteiger partial charge in [0, 0.05) is 31.1 Å². The van der Waals surface area contributed by atoms with Crippen molar-refractivity contribution in [3.8, 4) is 0 Å². The number of nitrogens with one attached hydrogen (secondary N) is 1. The summed E-state index contributed by atoms with van der Waals surface area (Å²) in [6.07, 6.45) is 2.24. The van der Waals surface area contributed by atoms with Crippen LogP contribution in [-0.4, -0.2) is 59.4 Å².